The molecule has 0 fully saturated rings. The maximum Gasteiger partial charge on any atom is 0.337 e. The first-order valence-corrected chi connectivity index (χ1v) is 4.95. The Labute approximate surface area is 84.2 Å². The Morgan fingerprint density at radius 2 is 2.07 bits per heavy atom. The van der Waals surface area contributed by atoms with Gasteiger partial charge in [0.05, 0.1) is 0 Å². The fourth-order valence-corrected chi connectivity index (χ4v) is 2.32. The van der Waals surface area contributed by atoms with Gasteiger partial charge in [0.2, 0.25) is 0 Å². The van der Waals surface area contributed by atoms with Crippen LogP contribution in [0.3, 0.4) is 0 Å². The summed E-state index contributed by atoms with van der Waals surface area (Å²) in [5.41, 5.74) is 0.470. The number of thiophene rings is 1. The molecule has 0 aliphatic rings. The summed E-state index contributed by atoms with van der Waals surface area (Å²) < 4.78 is 0.989. The Morgan fingerprint density at radius 1 is 1.36 bits per heavy atom. The second kappa shape index (κ2) is 3.40. The lowest BCUT2D eigenvalue weighted by molar-refractivity contribution is -0.146. The van der Waals surface area contributed by atoms with Gasteiger partial charge in [-0.05, 0) is 16.8 Å². The van der Waals surface area contributed by atoms with Crippen molar-refractivity contribution in [2.75, 3.05) is 0 Å². The minimum absolute atomic E-state index is 0.470. The van der Waals surface area contributed by atoms with Crippen molar-refractivity contribution in [2.24, 2.45) is 0 Å². The van der Waals surface area contributed by atoms with Crippen LogP contribution < -0.4 is 0 Å². The van der Waals surface area contributed by atoms with Crippen molar-refractivity contribution >= 4 is 27.4 Å². The van der Waals surface area contributed by atoms with Gasteiger partial charge < -0.3 is 10.2 Å². The predicted molar refractivity (Wildman–Crippen MR) is 54.4 cm³/mol. The van der Waals surface area contributed by atoms with E-state index in [1.807, 2.05) is 24.3 Å². The molecular weight excluding hydrogens is 200 g/mol. The highest BCUT2D eigenvalue weighted by Crippen LogP contribution is 2.30. The van der Waals surface area contributed by atoms with E-state index in [9.17, 15) is 9.90 Å². The van der Waals surface area contributed by atoms with Crippen LogP contribution in [0.1, 0.15) is 11.7 Å². The topological polar surface area (TPSA) is 57.5 Å². The number of aliphatic hydroxyl groups is 1. The van der Waals surface area contributed by atoms with Crippen molar-refractivity contribution in [2.45, 2.75) is 6.10 Å². The Hall–Kier alpha value is -1.39. The number of aliphatic hydroxyl groups excluding tert-OH is 1. The van der Waals surface area contributed by atoms with Gasteiger partial charge in [-0.2, -0.15) is 0 Å². The van der Waals surface area contributed by atoms with E-state index in [2.05, 4.69) is 0 Å². The third kappa shape index (κ3) is 1.38. The number of carboxylic acids is 1. The van der Waals surface area contributed by atoms with E-state index in [0.29, 0.717) is 5.56 Å². The van der Waals surface area contributed by atoms with E-state index < -0.39 is 12.1 Å². The molecular formula is C10H8O3S. The summed E-state index contributed by atoms with van der Waals surface area (Å²) >= 11 is 1.44. The molecule has 2 aromatic rings. The minimum Gasteiger partial charge on any atom is -0.479 e. The molecule has 72 valence electrons. The fourth-order valence-electron chi connectivity index (χ4n) is 1.34. The molecule has 0 aliphatic carbocycles. The zero-order valence-corrected chi connectivity index (χ0v) is 7.99. The molecule has 0 radical (unpaired) electrons. The van der Waals surface area contributed by atoms with Crippen LogP contribution in [0.4, 0.5) is 0 Å². The first-order valence-electron chi connectivity index (χ1n) is 4.07. The lowest BCUT2D eigenvalue weighted by Gasteiger charge is -2.02. The van der Waals surface area contributed by atoms with E-state index >= 15 is 0 Å². The number of carbonyl (C=O) groups is 1. The second-order valence-corrected chi connectivity index (χ2v) is 3.84. The normalized spacial score (nSPS) is 12.9. The number of aliphatic carboxylic acids is 1. The van der Waals surface area contributed by atoms with Gasteiger partial charge in [-0.25, -0.2) is 4.79 Å². The summed E-state index contributed by atoms with van der Waals surface area (Å²) in [5.74, 6) is -1.21. The predicted octanol–water partition coefficient (Wildman–Crippen LogP) is 2.02. The molecule has 0 amide bonds. The molecule has 1 atom stereocenters. The van der Waals surface area contributed by atoms with Crippen LogP contribution in [0.15, 0.2) is 29.6 Å². The van der Waals surface area contributed by atoms with Gasteiger partial charge in [0.15, 0.2) is 6.10 Å². The van der Waals surface area contributed by atoms with Gasteiger partial charge in [-0.3, -0.25) is 0 Å². The van der Waals surface area contributed by atoms with Crippen LogP contribution in [0, 0.1) is 0 Å². The van der Waals surface area contributed by atoms with Crippen LogP contribution >= 0.6 is 11.3 Å². The van der Waals surface area contributed by atoms with Gasteiger partial charge in [-0.1, -0.05) is 18.2 Å². The lowest BCUT2D eigenvalue weighted by Crippen LogP contribution is -2.09. The first kappa shape index (κ1) is 9.18. The average molecular weight is 208 g/mol. The second-order valence-electron chi connectivity index (χ2n) is 2.93. The molecule has 2 N–H and O–H groups in total. The smallest absolute Gasteiger partial charge is 0.337 e. The summed E-state index contributed by atoms with van der Waals surface area (Å²) in [6.07, 6.45) is -1.42. The Balaban J connectivity index is 2.58. The van der Waals surface area contributed by atoms with Gasteiger partial charge in [0.25, 0.3) is 0 Å². The Morgan fingerprint density at radius 3 is 2.79 bits per heavy atom. The minimum atomic E-state index is -1.42. The van der Waals surface area contributed by atoms with E-state index in [4.69, 9.17) is 5.11 Å². The van der Waals surface area contributed by atoms with Gasteiger partial charge in [0.1, 0.15) is 0 Å². The molecule has 0 bridgehead atoms. The number of carboxylic acid groups (broad SMARTS) is 1. The third-order valence-electron chi connectivity index (χ3n) is 2.04. The van der Waals surface area contributed by atoms with Gasteiger partial charge >= 0.3 is 5.97 Å². The quantitative estimate of drug-likeness (QED) is 0.793. The molecule has 1 aromatic carbocycles. The summed E-state index contributed by atoms with van der Waals surface area (Å²) in [6, 6.07) is 7.42. The van der Waals surface area contributed by atoms with E-state index in [1.165, 1.54) is 11.3 Å². The number of benzene rings is 1. The molecule has 0 saturated heterocycles. The zero-order valence-electron chi connectivity index (χ0n) is 7.18. The molecule has 14 heavy (non-hydrogen) atoms. The highest BCUT2D eigenvalue weighted by molar-refractivity contribution is 7.17. The molecule has 0 unspecified atom stereocenters. The average Bonchev–Trinajstić information content (AvgIpc) is 2.60. The summed E-state index contributed by atoms with van der Waals surface area (Å²) in [5, 5.41) is 20.6. The van der Waals surface area contributed by atoms with Crippen molar-refractivity contribution in [3.63, 3.8) is 0 Å². The monoisotopic (exact) mass is 208 g/mol. The maximum atomic E-state index is 10.6. The molecule has 0 spiro atoms. The third-order valence-corrected chi connectivity index (χ3v) is 3.02. The molecule has 2 rings (SSSR count). The van der Waals surface area contributed by atoms with Crippen molar-refractivity contribution in [1.82, 2.24) is 0 Å². The summed E-state index contributed by atoms with van der Waals surface area (Å²) in [6.45, 7) is 0. The van der Waals surface area contributed by atoms with Crippen LogP contribution in [0.25, 0.3) is 10.1 Å². The molecule has 0 aliphatic heterocycles. The number of hydrogen-bond donors (Lipinski definition) is 2. The molecule has 1 heterocycles. The molecule has 4 heteroatoms. The fraction of sp³-hybridized carbons (Fsp3) is 0.100. The highest BCUT2D eigenvalue weighted by Gasteiger charge is 2.19. The van der Waals surface area contributed by atoms with E-state index in [1.54, 1.807) is 5.38 Å². The maximum absolute atomic E-state index is 10.6. The Bertz CT molecular complexity index is 475. The van der Waals surface area contributed by atoms with Gasteiger partial charge in [0, 0.05) is 10.3 Å². The van der Waals surface area contributed by atoms with Gasteiger partial charge in [-0.15, -0.1) is 11.3 Å². The summed E-state index contributed by atoms with van der Waals surface area (Å²) in [7, 11) is 0. The SMILES string of the molecule is O=C(O)[C@H](O)c1csc2ccccc12. The van der Waals surface area contributed by atoms with Crippen molar-refractivity contribution in [3.05, 3.63) is 35.2 Å². The number of fused-ring (bicyclic) bond motifs is 1. The van der Waals surface area contributed by atoms with Crippen LogP contribution in [-0.2, 0) is 4.79 Å². The number of rotatable bonds is 2. The number of hydrogen-bond acceptors (Lipinski definition) is 3. The molecule has 0 saturated carbocycles. The molecule has 3 nitrogen and oxygen atoms in total. The highest BCUT2D eigenvalue weighted by atomic mass is 32.1. The van der Waals surface area contributed by atoms with Crippen LogP contribution in [-0.4, -0.2) is 16.2 Å². The van der Waals surface area contributed by atoms with Crippen LogP contribution in [0.2, 0.25) is 0 Å². The van der Waals surface area contributed by atoms with E-state index in [-0.39, 0.29) is 0 Å². The van der Waals surface area contributed by atoms with Crippen LogP contribution in [0.5, 0.6) is 0 Å². The molecule has 1 aromatic heterocycles. The Kier molecular flexibility index (Phi) is 2.23. The van der Waals surface area contributed by atoms with Crippen molar-refractivity contribution < 1.29 is 15.0 Å². The standard InChI is InChI=1S/C10H8O3S/c11-9(10(12)13)7-5-14-8-4-2-1-3-6(7)8/h1-5,9,11H,(H,12,13)/t9-/m1/s1. The van der Waals surface area contributed by atoms with Crippen molar-refractivity contribution in [1.29, 1.82) is 0 Å². The van der Waals surface area contributed by atoms with Crippen molar-refractivity contribution in [3.8, 4) is 0 Å². The first-order chi connectivity index (χ1) is 6.70. The van der Waals surface area contributed by atoms with E-state index in [0.717, 1.165) is 10.1 Å². The largest absolute Gasteiger partial charge is 0.479 e. The zero-order chi connectivity index (χ0) is 10.1. The summed E-state index contributed by atoms with van der Waals surface area (Å²) in [4.78, 5) is 10.6. The lowest BCUT2D eigenvalue weighted by atomic mass is 10.1.